The molecule has 0 saturated carbocycles. The number of carbonyl (C=O) groups is 1. The molecule has 4 nitrogen and oxygen atoms in total. The van der Waals surface area contributed by atoms with Crippen LogP contribution in [0.25, 0.3) is 0 Å². The summed E-state index contributed by atoms with van der Waals surface area (Å²) in [5.41, 5.74) is -0.360. The monoisotopic (exact) mass is 197 g/mol. The van der Waals surface area contributed by atoms with Crippen LogP contribution in [0.2, 0.25) is 0 Å². The minimum Gasteiger partial charge on any atom is -0.294 e. The van der Waals surface area contributed by atoms with Crippen LogP contribution in [0, 0.1) is 15.9 Å². The molecule has 0 heterocycles. The van der Waals surface area contributed by atoms with Gasteiger partial charge in [-0.05, 0) is 6.07 Å². The van der Waals surface area contributed by atoms with E-state index in [4.69, 9.17) is 0 Å². The second-order valence-electron chi connectivity index (χ2n) is 2.73. The predicted octanol–water partition coefficient (Wildman–Crippen LogP) is 2.33. The largest absolute Gasteiger partial charge is 0.294 e. The summed E-state index contributed by atoms with van der Waals surface area (Å²) in [5.74, 6) is -1.08. The van der Waals surface area contributed by atoms with E-state index in [9.17, 15) is 19.3 Å². The predicted molar refractivity (Wildman–Crippen MR) is 47.7 cm³/mol. The third-order valence-corrected chi connectivity index (χ3v) is 1.74. The molecular weight excluding hydrogens is 189 g/mol. The number of Topliss-reactive ketones (excluding diaryl/α,β-unsaturated/α-hetero) is 1. The number of benzene rings is 1. The van der Waals surface area contributed by atoms with Gasteiger partial charge in [0.1, 0.15) is 5.82 Å². The molecule has 0 unspecified atom stereocenters. The zero-order valence-electron chi connectivity index (χ0n) is 7.49. The van der Waals surface area contributed by atoms with Gasteiger partial charge in [0.15, 0.2) is 5.78 Å². The number of nitro benzene ring substituents is 1. The molecule has 0 atom stereocenters. The number of ketones is 1. The lowest BCUT2D eigenvalue weighted by Gasteiger charge is -1.98. The molecule has 0 radical (unpaired) electrons. The highest BCUT2D eigenvalue weighted by Crippen LogP contribution is 2.17. The Hall–Kier alpha value is -1.78. The molecule has 0 aliphatic carbocycles. The Labute approximate surface area is 79.5 Å². The molecule has 14 heavy (non-hydrogen) atoms. The highest BCUT2D eigenvalue weighted by molar-refractivity contribution is 5.96. The second-order valence-corrected chi connectivity index (χ2v) is 2.73. The Morgan fingerprint density at radius 1 is 1.50 bits per heavy atom. The molecule has 0 N–H and O–H groups in total. The lowest BCUT2D eigenvalue weighted by Crippen LogP contribution is -1.99. The van der Waals surface area contributed by atoms with Crippen LogP contribution in [-0.4, -0.2) is 10.7 Å². The zero-order chi connectivity index (χ0) is 10.7. The van der Waals surface area contributed by atoms with Crippen LogP contribution < -0.4 is 0 Å². The molecule has 0 aromatic heterocycles. The molecule has 0 aliphatic rings. The minimum absolute atomic E-state index is 0.0409. The fourth-order valence-corrected chi connectivity index (χ4v) is 1.04. The summed E-state index contributed by atoms with van der Waals surface area (Å²) in [6, 6.07) is 2.86. The van der Waals surface area contributed by atoms with Crippen molar-refractivity contribution in [2.75, 3.05) is 0 Å². The minimum atomic E-state index is -0.768. The topological polar surface area (TPSA) is 60.2 Å². The van der Waals surface area contributed by atoms with E-state index in [0.717, 1.165) is 18.2 Å². The SMILES string of the molecule is CCC(=O)c1cc(F)cc([N+](=O)[O-])c1. The quantitative estimate of drug-likeness (QED) is 0.424. The average Bonchev–Trinajstić information content (AvgIpc) is 2.15. The highest BCUT2D eigenvalue weighted by Gasteiger charge is 2.13. The molecule has 1 aromatic rings. The summed E-state index contributed by atoms with van der Waals surface area (Å²) >= 11 is 0. The van der Waals surface area contributed by atoms with Gasteiger partial charge in [-0.1, -0.05) is 6.92 Å². The Balaban J connectivity index is 3.20. The van der Waals surface area contributed by atoms with E-state index in [1.165, 1.54) is 0 Å². The molecule has 0 aliphatic heterocycles. The average molecular weight is 197 g/mol. The number of nitro groups is 1. The first-order valence-corrected chi connectivity index (χ1v) is 4.02. The van der Waals surface area contributed by atoms with Crippen LogP contribution in [0.15, 0.2) is 18.2 Å². The molecule has 1 aromatic carbocycles. The van der Waals surface area contributed by atoms with Crippen molar-refractivity contribution in [2.45, 2.75) is 13.3 Å². The van der Waals surface area contributed by atoms with Crippen molar-refractivity contribution in [1.29, 1.82) is 0 Å². The van der Waals surface area contributed by atoms with Gasteiger partial charge in [-0.2, -0.15) is 0 Å². The summed E-state index contributed by atoms with van der Waals surface area (Å²) in [6.07, 6.45) is 0.195. The van der Waals surface area contributed by atoms with E-state index in [1.807, 2.05) is 0 Å². The van der Waals surface area contributed by atoms with Crippen LogP contribution in [0.5, 0.6) is 0 Å². The van der Waals surface area contributed by atoms with Gasteiger partial charge in [0.2, 0.25) is 0 Å². The molecule has 5 heteroatoms. The van der Waals surface area contributed by atoms with E-state index in [2.05, 4.69) is 0 Å². The number of rotatable bonds is 3. The van der Waals surface area contributed by atoms with Crippen LogP contribution in [0.3, 0.4) is 0 Å². The fourth-order valence-electron chi connectivity index (χ4n) is 1.04. The second kappa shape index (κ2) is 3.95. The first-order valence-electron chi connectivity index (χ1n) is 4.02. The molecular formula is C9H8FNO3. The van der Waals surface area contributed by atoms with Crippen molar-refractivity contribution in [2.24, 2.45) is 0 Å². The summed E-state index contributed by atoms with van der Waals surface area (Å²) in [6.45, 7) is 1.61. The molecule has 0 fully saturated rings. The molecule has 1 rings (SSSR count). The van der Waals surface area contributed by atoms with Gasteiger partial charge in [-0.3, -0.25) is 14.9 Å². The Bertz CT molecular complexity index is 390. The van der Waals surface area contributed by atoms with E-state index in [1.54, 1.807) is 6.92 Å². The zero-order valence-corrected chi connectivity index (χ0v) is 7.49. The van der Waals surface area contributed by atoms with Gasteiger partial charge in [0.25, 0.3) is 5.69 Å². The van der Waals surface area contributed by atoms with Gasteiger partial charge in [-0.25, -0.2) is 4.39 Å². The number of halogens is 1. The highest BCUT2D eigenvalue weighted by atomic mass is 19.1. The smallest absolute Gasteiger partial charge is 0.273 e. The molecule has 0 bridgehead atoms. The van der Waals surface area contributed by atoms with Crippen LogP contribution >= 0.6 is 0 Å². The third kappa shape index (κ3) is 2.12. The lowest BCUT2D eigenvalue weighted by atomic mass is 10.1. The molecule has 0 saturated heterocycles. The third-order valence-electron chi connectivity index (χ3n) is 1.74. The van der Waals surface area contributed by atoms with Crippen molar-refractivity contribution < 1.29 is 14.1 Å². The standard InChI is InChI=1S/C9H8FNO3/c1-2-9(12)6-3-7(10)5-8(4-6)11(13)14/h3-5H,2H2,1H3. The lowest BCUT2D eigenvalue weighted by molar-refractivity contribution is -0.385. The van der Waals surface area contributed by atoms with E-state index < -0.39 is 16.4 Å². The van der Waals surface area contributed by atoms with Crippen molar-refractivity contribution in [3.8, 4) is 0 Å². The van der Waals surface area contributed by atoms with Crippen LogP contribution in [0.4, 0.5) is 10.1 Å². The number of nitrogens with zero attached hydrogens (tertiary/aromatic N) is 1. The van der Waals surface area contributed by atoms with Gasteiger partial charge in [0, 0.05) is 18.1 Å². The van der Waals surface area contributed by atoms with Gasteiger partial charge in [-0.15, -0.1) is 0 Å². The Morgan fingerprint density at radius 2 is 2.14 bits per heavy atom. The fraction of sp³-hybridized carbons (Fsp3) is 0.222. The number of non-ortho nitro benzene ring substituents is 1. The first kappa shape index (κ1) is 10.3. The van der Waals surface area contributed by atoms with Crippen molar-refractivity contribution in [1.82, 2.24) is 0 Å². The summed E-state index contributed by atoms with van der Waals surface area (Å²) in [5, 5.41) is 10.3. The summed E-state index contributed by atoms with van der Waals surface area (Å²) in [4.78, 5) is 20.8. The molecule has 0 amide bonds. The molecule has 74 valence electrons. The Kier molecular flexibility index (Phi) is 2.91. The van der Waals surface area contributed by atoms with E-state index >= 15 is 0 Å². The Morgan fingerprint density at radius 3 is 2.64 bits per heavy atom. The van der Waals surface area contributed by atoms with E-state index in [-0.39, 0.29) is 17.8 Å². The summed E-state index contributed by atoms with van der Waals surface area (Å²) in [7, 11) is 0. The van der Waals surface area contributed by atoms with Crippen molar-refractivity contribution >= 4 is 11.5 Å². The van der Waals surface area contributed by atoms with Crippen LogP contribution in [0.1, 0.15) is 23.7 Å². The number of hydrogen-bond acceptors (Lipinski definition) is 3. The van der Waals surface area contributed by atoms with Gasteiger partial charge in [0.05, 0.1) is 11.0 Å². The van der Waals surface area contributed by atoms with Crippen molar-refractivity contribution in [3.63, 3.8) is 0 Å². The molecule has 0 spiro atoms. The van der Waals surface area contributed by atoms with Gasteiger partial charge < -0.3 is 0 Å². The maximum atomic E-state index is 12.8. The van der Waals surface area contributed by atoms with Crippen LogP contribution in [-0.2, 0) is 0 Å². The summed E-state index contributed by atoms with van der Waals surface area (Å²) < 4.78 is 12.8. The van der Waals surface area contributed by atoms with Gasteiger partial charge >= 0.3 is 0 Å². The maximum Gasteiger partial charge on any atom is 0.273 e. The van der Waals surface area contributed by atoms with Crippen molar-refractivity contribution in [3.05, 3.63) is 39.7 Å². The first-order chi connectivity index (χ1) is 6.54. The number of carbonyl (C=O) groups excluding carboxylic acids is 1. The normalized spacial score (nSPS) is 9.86. The maximum absolute atomic E-state index is 12.8. The van der Waals surface area contributed by atoms with E-state index in [0.29, 0.717) is 0 Å². The number of hydrogen-bond donors (Lipinski definition) is 0.